The van der Waals surface area contributed by atoms with E-state index >= 15 is 0 Å². The van der Waals surface area contributed by atoms with E-state index < -0.39 is 31.3 Å². The quantitative estimate of drug-likeness (QED) is 0.0913. The second-order valence-electron chi connectivity index (χ2n) is 7.93. The van der Waals surface area contributed by atoms with Gasteiger partial charge in [0, 0.05) is 35.4 Å². The van der Waals surface area contributed by atoms with Gasteiger partial charge in [-0.3, -0.25) is 0 Å². The van der Waals surface area contributed by atoms with Crippen LogP contribution in [0.2, 0.25) is 0 Å². The van der Waals surface area contributed by atoms with Gasteiger partial charge in [0.15, 0.2) is 45.0 Å². The summed E-state index contributed by atoms with van der Waals surface area (Å²) < 4.78 is 131. The van der Waals surface area contributed by atoms with Gasteiger partial charge in [-0.1, -0.05) is 23.7 Å². The Labute approximate surface area is 245 Å². The molecule has 4 rings (SSSR count). The summed E-state index contributed by atoms with van der Waals surface area (Å²) in [5.41, 5.74) is -6.02. The molecule has 0 aliphatic carbocycles. The summed E-state index contributed by atoms with van der Waals surface area (Å²) in [6.07, 6.45) is 7.91. The molecule has 0 N–H and O–H groups in total. The summed E-state index contributed by atoms with van der Waals surface area (Å²) in [5.74, 6) is 12.8. The largest absolute Gasteiger partial charge is 0.741 e. The lowest BCUT2D eigenvalue weighted by Crippen LogP contribution is -2.25. The minimum absolute atomic E-state index is 0.806. The number of halogens is 6. The van der Waals surface area contributed by atoms with E-state index in [0.717, 1.165) is 33.3 Å². The fourth-order valence-corrected chi connectivity index (χ4v) is 3.09. The molecule has 0 radical (unpaired) electrons. The number of hydrogen-bond donors (Lipinski definition) is 0. The van der Waals surface area contributed by atoms with Crippen molar-refractivity contribution in [3.63, 3.8) is 0 Å². The molecule has 4 aromatic rings. The van der Waals surface area contributed by atoms with Gasteiger partial charge in [0.1, 0.15) is 25.1 Å². The first kappa shape index (κ1) is 35.1. The number of aryl methyl sites for hydroxylation is 2. The zero-order valence-electron chi connectivity index (χ0n) is 21.5. The molecular formula is C24H16F6N4O6S3. The predicted molar refractivity (Wildman–Crippen MR) is 136 cm³/mol. The Hall–Kier alpha value is -4.14. The van der Waals surface area contributed by atoms with Crippen LogP contribution in [-0.2, 0) is 34.3 Å². The Morgan fingerprint density at radius 2 is 0.907 bits per heavy atom. The third-order valence-electron chi connectivity index (χ3n) is 4.62. The van der Waals surface area contributed by atoms with Crippen molar-refractivity contribution < 1.29 is 61.4 Å². The standard InChI is InChI=1S/C22H16N4S.2CHF3O3S/c1-25-13-9-17(10-14-25)3-5-19-7-8-20(22-21(19)23-27-24-22)6-4-18-11-15-26(2)16-12-18;2*2-1(3,4)8(5,6)7/h7-16H,1-2H3;2*(H,5,6,7)/q+2;;/p-2. The highest BCUT2D eigenvalue weighted by Gasteiger charge is 2.37. The molecule has 10 nitrogen and oxygen atoms in total. The van der Waals surface area contributed by atoms with Gasteiger partial charge in [0.2, 0.25) is 0 Å². The summed E-state index contributed by atoms with van der Waals surface area (Å²) in [6.45, 7) is 0. The van der Waals surface area contributed by atoms with E-state index in [2.05, 4.69) is 32.4 Å². The lowest BCUT2D eigenvalue weighted by molar-refractivity contribution is -0.671. The third kappa shape index (κ3) is 10.9. The van der Waals surface area contributed by atoms with Crippen molar-refractivity contribution in [3.8, 4) is 23.7 Å². The van der Waals surface area contributed by atoms with Crippen LogP contribution in [0.15, 0.2) is 61.2 Å². The molecule has 19 heteroatoms. The number of rotatable bonds is 0. The van der Waals surface area contributed by atoms with Crippen molar-refractivity contribution in [2.45, 2.75) is 11.0 Å². The highest BCUT2D eigenvalue weighted by atomic mass is 32.2. The van der Waals surface area contributed by atoms with Crippen LogP contribution in [0.3, 0.4) is 0 Å². The molecule has 0 aliphatic rings. The van der Waals surface area contributed by atoms with Crippen LogP contribution >= 0.6 is 11.7 Å². The van der Waals surface area contributed by atoms with Gasteiger partial charge in [-0.15, -0.1) is 0 Å². The summed E-state index contributed by atoms with van der Waals surface area (Å²) in [6, 6.07) is 11.9. The van der Waals surface area contributed by atoms with Crippen molar-refractivity contribution in [2.24, 2.45) is 14.1 Å². The maximum atomic E-state index is 10.7. The molecule has 0 amide bonds. The topological polar surface area (TPSA) is 148 Å². The van der Waals surface area contributed by atoms with E-state index in [1.54, 1.807) is 0 Å². The van der Waals surface area contributed by atoms with Crippen molar-refractivity contribution in [3.05, 3.63) is 83.4 Å². The van der Waals surface area contributed by atoms with E-state index in [-0.39, 0.29) is 0 Å². The van der Waals surface area contributed by atoms with Gasteiger partial charge < -0.3 is 9.11 Å². The number of aromatic nitrogens is 4. The Kier molecular flexibility index (Phi) is 11.3. The smallest absolute Gasteiger partial charge is 0.485 e. The molecule has 3 aromatic heterocycles. The molecule has 228 valence electrons. The van der Waals surface area contributed by atoms with E-state index in [4.69, 9.17) is 25.9 Å². The fraction of sp³-hybridized carbons (Fsp3) is 0.167. The van der Waals surface area contributed by atoms with Crippen molar-refractivity contribution in [1.82, 2.24) is 8.75 Å². The first-order chi connectivity index (χ1) is 19.7. The highest BCUT2D eigenvalue weighted by molar-refractivity contribution is 7.86. The molecule has 43 heavy (non-hydrogen) atoms. The van der Waals surface area contributed by atoms with E-state index in [9.17, 15) is 26.3 Å². The molecule has 0 saturated carbocycles. The minimum Gasteiger partial charge on any atom is -0.741 e. The van der Waals surface area contributed by atoms with Crippen LogP contribution in [0, 0.1) is 23.7 Å². The van der Waals surface area contributed by atoms with Crippen LogP contribution in [0.1, 0.15) is 22.3 Å². The van der Waals surface area contributed by atoms with Crippen molar-refractivity contribution >= 4 is 43.0 Å². The van der Waals surface area contributed by atoms with Crippen molar-refractivity contribution in [1.29, 1.82) is 0 Å². The molecular weight excluding hydrogens is 650 g/mol. The average molecular weight is 667 g/mol. The molecule has 0 saturated heterocycles. The maximum Gasteiger partial charge on any atom is 0.485 e. The number of nitrogens with zero attached hydrogens (tertiary/aromatic N) is 4. The molecule has 0 aliphatic heterocycles. The molecule has 3 heterocycles. The predicted octanol–water partition coefficient (Wildman–Crippen LogP) is 2.24. The summed E-state index contributed by atoms with van der Waals surface area (Å²) in [4.78, 5) is 0. The minimum atomic E-state index is -6.09. The molecule has 1 aromatic carbocycles. The Balaban J connectivity index is 0.000000334. The lowest BCUT2D eigenvalue weighted by Gasteiger charge is -2.08. The fourth-order valence-electron chi connectivity index (χ4n) is 2.52. The lowest BCUT2D eigenvalue weighted by atomic mass is 10.1. The van der Waals surface area contributed by atoms with Gasteiger partial charge >= 0.3 is 11.0 Å². The van der Waals surface area contributed by atoms with Crippen LogP contribution in [-0.4, -0.2) is 45.7 Å². The Morgan fingerprint density at radius 3 is 1.16 bits per heavy atom. The van der Waals surface area contributed by atoms with Crippen molar-refractivity contribution in [2.75, 3.05) is 0 Å². The number of fused-ring (bicyclic) bond motifs is 1. The Morgan fingerprint density at radius 1 is 0.628 bits per heavy atom. The summed E-state index contributed by atoms with van der Waals surface area (Å²) in [7, 11) is -8.21. The molecule has 0 fully saturated rings. The number of pyridine rings is 2. The van der Waals surface area contributed by atoms with Gasteiger partial charge in [-0.25, -0.2) is 26.0 Å². The number of alkyl halides is 6. The van der Waals surface area contributed by atoms with Crippen LogP contribution in [0.25, 0.3) is 11.0 Å². The molecule has 0 bridgehead atoms. The molecule has 0 spiro atoms. The zero-order chi connectivity index (χ0) is 32.6. The average Bonchev–Trinajstić information content (AvgIpc) is 3.37. The molecule has 0 atom stereocenters. The third-order valence-corrected chi connectivity index (χ3v) is 6.28. The summed E-state index contributed by atoms with van der Waals surface area (Å²) in [5, 5.41) is 0. The van der Waals surface area contributed by atoms with Crippen LogP contribution < -0.4 is 9.13 Å². The van der Waals surface area contributed by atoms with E-state index in [1.165, 1.54) is 11.7 Å². The maximum absolute atomic E-state index is 10.7. The second-order valence-corrected chi connectivity index (χ2v) is 11.2. The summed E-state index contributed by atoms with van der Waals surface area (Å²) >= 11 is 1.19. The molecule has 0 unspecified atom stereocenters. The first-order valence-corrected chi connectivity index (χ1v) is 14.5. The second kappa shape index (κ2) is 13.9. The van der Waals surface area contributed by atoms with E-state index in [1.807, 2.05) is 84.4 Å². The first-order valence-electron chi connectivity index (χ1n) is 10.9. The van der Waals surface area contributed by atoms with Gasteiger partial charge in [0.05, 0.1) is 22.9 Å². The van der Waals surface area contributed by atoms with Crippen LogP contribution in [0.5, 0.6) is 0 Å². The zero-order valence-corrected chi connectivity index (χ0v) is 24.0. The van der Waals surface area contributed by atoms with Gasteiger partial charge in [-0.2, -0.15) is 35.1 Å². The monoisotopic (exact) mass is 666 g/mol. The van der Waals surface area contributed by atoms with Crippen LogP contribution in [0.4, 0.5) is 26.3 Å². The van der Waals surface area contributed by atoms with E-state index in [0.29, 0.717) is 0 Å². The highest BCUT2D eigenvalue weighted by Crippen LogP contribution is 2.22. The SMILES string of the molecule is C[n+]1ccc(C#Cc2ccc(C#Cc3cc[n+](C)cc3)c3nsnc23)cc1.O=S(=O)([O-])C(F)(F)F.O=S(=O)([O-])C(F)(F)F. The number of benzene rings is 1. The van der Waals surface area contributed by atoms with Gasteiger partial charge in [0.25, 0.3) is 0 Å². The Bertz CT molecular complexity index is 1780. The normalized spacial score (nSPS) is 11.5. The van der Waals surface area contributed by atoms with Gasteiger partial charge in [-0.05, 0) is 12.1 Å². The number of hydrogen-bond acceptors (Lipinski definition) is 9.